The van der Waals surface area contributed by atoms with Crippen LogP contribution in [0.5, 0.6) is 0 Å². The molecule has 0 aliphatic carbocycles. The molecule has 0 fully saturated rings. The maximum absolute atomic E-state index is 11.2. The maximum atomic E-state index is 11.2. The molecule has 0 radical (unpaired) electrons. The standard InChI is InChI=1S/C15H10ClN3O2/c16-11-5-1-2-6-13(11)19-14(8-12(18-19)15(20)21)10-4-3-7-17-9-10/h1-9H,(H,20,21). The summed E-state index contributed by atoms with van der Waals surface area (Å²) >= 11 is 6.18. The first-order chi connectivity index (χ1) is 10.2. The van der Waals surface area contributed by atoms with Gasteiger partial charge in [0.1, 0.15) is 0 Å². The van der Waals surface area contributed by atoms with E-state index in [-0.39, 0.29) is 5.69 Å². The molecule has 0 aliphatic heterocycles. The second-order valence-corrected chi connectivity index (χ2v) is 4.73. The molecule has 1 N–H and O–H groups in total. The zero-order chi connectivity index (χ0) is 14.8. The van der Waals surface area contributed by atoms with Crippen LogP contribution in [0.3, 0.4) is 0 Å². The minimum atomic E-state index is -1.09. The highest BCUT2D eigenvalue weighted by Crippen LogP contribution is 2.27. The lowest BCUT2D eigenvalue weighted by Gasteiger charge is -2.08. The lowest BCUT2D eigenvalue weighted by molar-refractivity contribution is 0.0690. The van der Waals surface area contributed by atoms with Gasteiger partial charge in [0.05, 0.1) is 16.4 Å². The Bertz CT molecular complexity index is 800. The van der Waals surface area contributed by atoms with Crippen molar-refractivity contribution in [3.63, 3.8) is 0 Å². The number of carboxylic acid groups (broad SMARTS) is 1. The average molecular weight is 300 g/mol. The van der Waals surface area contributed by atoms with Crippen molar-refractivity contribution in [1.29, 1.82) is 0 Å². The summed E-state index contributed by atoms with van der Waals surface area (Å²) < 4.78 is 1.52. The summed E-state index contributed by atoms with van der Waals surface area (Å²) in [6, 6.07) is 12.2. The Morgan fingerprint density at radius 3 is 2.67 bits per heavy atom. The van der Waals surface area contributed by atoms with Gasteiger partial charge in [0, 0.05) is 18.0 Å². The normalized spacial score (nSPS) is 10.5. The van der Waals surface area contributed by atoms with Crippen LogP contribution in [0.25, 0.3) is 16.9 Å². The van der Waals surface area contributed by atoms with Crippen LogP contribution in [0.15, 0.2) is 54.9 Å². The molecule has 0 atom stereocenters. The van der Waals surface area contributed by atoms with Gasteiger partial charge < -0.3 is 5.11 Å². The lowest BCUT2D eigenvalue weighted by atomic mass is 10.2. The Morgan fingerprint density at radius 1 is 1.19 bits per heavy atom. The number of aromatic nitrogens is 3. The number of rotatable bonds is 3. The number of hydrogen-bond donors (Lipinski definition) is 1. The predicted molar refractivity (Wildman–Crippen MR) is 78.8 cm³/mol. The van der Waals surface area contributed by atoms with Crippen molar-refractivity contribution in [2.24, 2.45) is 0 Å². The lowest BCUT2D eigenvalue weighted by Crippen LogP contribution is -2.02. The summed E-state index contributed by atoms with van der Waals surface area (Å²) in [6.45, 7) is 0. The second kappa shape index (κ2) is 5.38. The van der Waals surface area contributed by atoms with E-state index in [0.717, 1.165) is 5.56 Å². The molecule has 21 heavy (non-hydrogen) atoms. The Hall–Kier alpha value is -2.66. The molecule has 0 amide bonds. The first-order valence-corrected chi connectivity index (χ1v) is 6.53. The van der Waals surface area contributed by atoms with Crippen molar-refractivity contribution in [3.8, 4) is 16.9 Å². The molecular formula is C15H10ClN3O2. The summed E-state index contributed by atoms with van der Waals surface area (Å²) in [5.41, 5.74) is 1.95. The highest BCUT2D eigenvalue weighted by atomic mass is 35.5. The number of hydrogen-bond acceptors (Lipinski definition) is 3. The molecule has 1 aromatic carbocycles. The van der Waals surface area contributed by atoms with Crippen LogP contribution in [0.1, 0.15) is 10.5 Å². The van der Waals surface area contributed by atoms with Gasteiger partial charge in [-0.2, -0.15) is 5.10 Å². The van der Waals surface area contributed by atoms with Crippen molar-refractivity contribution in [3.05, 3.63) is 65.6 Å². The number of benzene rings is 1. The summed E-state index contributed by atoms with van der Waals surface area (Å²) in [4.78, 5) is 15.2. The smallest absolute Gasteiger partial charge is 0.356 e. The van der Waals surface area contributed by atoms with Crippen molar-refractivity contribution in [1.82, 2.24) is 14.8 Å². The second-order valence-electron chi connectivity index (χ2n) is 4.32. The Morgan fingerprint density at radius 2 is 2.00 bits per heavy atom. The van der Waals surface area contributed by atoms with Crippen LogP contribution in [-0.4, -0.2) is 25.8 Å². The molecule has 3 rings (SSSR count). The Labute approximate surface area is 125 Å². The van der Waals surface area contributed by atoms with E-state index in [1.807, 2.05) is 12.1 Å². The summed E-state index contributed by atoms with van der Waals surface area (Å²) in [6.07, 6.45) is 3.30. The van der Waals surface area contributed by atoms with Gasteiger partial charge >= 0.3 is 5.97 Å². The fourth-order valence-corrected chi connectivity index (χ4v) is 2.23. The molecule has 0 saturated carbocycles. The fourth-order valence-electron chi connectivity index (χ4n) is 2.01. The highest BCUT2D eigenvalue weighted by molar-refractivity contribution is 6.32. The van der Waals surface area contributed by atoms with Gasteiger partial charge in [-0.05, 0) is 30.3 Å². The number of nitrogens with zero attached hydrogens (tertiary/aromatic N) is 3. The molecule has 0 aliphatic rings. The van der Waals surface area contributed by atoms with Gasteiger partial charge in [-0.3, -0.25) is 4.98 Å². The van der Waals surface area contributed by atoms with E-state index in [4.69, 9.17) is 16.7 Å². The molecule has 0 spiro atoms. The number of carbonyl (C=O) groups is 1. The van der Waals surface area contributed by atoms with Crippen molar-refractivity contribution in [2.45, 2.75) is 0 Å². The third-order valence-corrected chi connectivity index (χ3v) is 3.29. The summed E-state index contributed by atoms with van der Waals surface area (Å²) in [5.74, 6) is -1.09. The van der Waals surface area contributed by atoms with Crippen molar-refractivity contribution >= 4 is 17.6 Å². The number of para-hydroxylation sites is 1. The van der Waals surface area contributed by atoms with Gasteiger partial charge in [-0.1, -0.05) is 23.7 Å². The number of halogens is 1. The van der Waals surface area contributed by atoms with E-state index >= 15 is 0 Å². The van der Waals surface area contributed by atoms with Crippen LogP contribution < -0.4 is 0 Å². The van der Waals surface area contributed by atoms with Crippen LogP contribution in [0.4, 0.5) is 0 Å². The summed E-state index contributed by atoms with van der Waals surface area (Å²) in [5, 5.41) is 13.8. The van der Waals surface area contributed by atoms with Crippen molar-refractivity contribution < 1.29 is 9.90 Å². The van der Waals surface area contributed by atoms with Crippen LogP contribution in [0, 0.1) is 0 Å². The van der Waals surface area contributed by atoms with E-state index in [1.165, 1.54) is 10.7 Å². The van der Waals surface area contributed by atoms with Crippen molar-refractivity contribution in [2.75, 3.05) is 0 Å². The van der Waals surface area contributed by atoms with Crippen LogP contribution >= 0.6 is 11.6 Å². The molecule has 2 aromatic heterocycles. The zero-order valence-corrected chi connectivity index (χ0v) is 11.5. The Kier molecular flexibility index (Phi) is 3.41. The van der Waals surface area contributed by atoms with Gasteiger partial charge in [-0.25, -0.2) is 9.48 Å². The number of aromatic carboxylic acids is 1. The third kappa shape index (κ3) is 2.51. The first kappa shape index (κ1) is 13.3. The SMILES string of the molecule is O=C(O)c1cc(-c2cccnc2)n(-c2ccccc2Cl)n1. The van der Waals surface area contributed by atoms with Gasteiger partial charge in [0.2, 0.25) is 0 Å². The first-order valence-electron chi connectivity index (χ1n) is 6.15. The molecule has 5 nitrogen and oxygen atoms in total. The fraction of sp³-hybridized carbons (Fsp3) is 0. The van der Waals surface area contributed by atoms with E-state index in [1.54, 1.807) is 36.7 Å². The summed E-state index contributed by atoms with van der Waals surface area (Å²) in [7, 11) is 0. The maximum Gasteiger partial charge on any atom is 0.356 e. The number of carboxylic acids is 1. The molecule has 2 heterocycles. The van der Waals surface area contributed by atoms with E-state index in [9.17, 15) is 4.79 Å². The van der Waals surface area contributed by atoms with Crippen LogP contribution in [0.2, 0.25) is 5.02 Å². The van der Waals surface area contributed by atoms with E-state index in [0.29, 0.717) is 16.4 Å². The predicted octanol–water partition coefficient (Wildman–Crippen LogP) is 3.29. The van der Waals surface area contributed by atoms with E-state index < -0.39 is 5.97 Å². The van der Waals surface area contributed by atoms with Gasteiger partial charge in [-0.15, -0.1) is 0 Å². The largest absolute Gasteiger partial charge is 0.476 e. The Balaban J connectivity index is 2.24. The molecule has 0 saturated heterocycles. The minimum Gasteiger partial charge on any atom is -0.476 e. The molecule has 0 bridgehead atoms. The van der Waals surface area contributed by atoms with Gasteiger partial charge in [0.15, 0.2) is 5.69 Å². The zero-order valence-electron chi connectivity index (χ0n) is 10.8. The quantitative estimate of drug-likeness (QED) is 0.806. The average Bonchev–Trinajstić information content (AvgIpc) is 2.94. The highest BCUT2D eigenvalue weighted by Gasteiger charge is 2.17. The molecular weight excluding hydrogens is 290 g/mol. The van der Waals surface area contributed by atoms with Gasteiger partial charge in [0.25, 0.3) is 0 Å². The van der Waals surface area contributed by atoms with Crippen LogP contribution in [-0.2, 0) is 0 Å². The molecule has 104 valence electrons. The topological polar surface area (TPSA) is 68.0 Å². The third-order valence-electron chi connectivity index (χ3n) is 2.97. The monoisotopic (exact) mass is 299 g/mol. The minimum absolute atomic E-state index is 0.0474. The molecule has 6 heteroatoms. The molecule has 0 unspecified atom stereocenters. The number of pyridine rings is 1. The molecule has 3 aromatic rings. The van der Waals surface area contributed by atoms with E-state index in [2.05, 4.69) is 10.1 Å².